The summed E-state index contributed by atoms with van der Waals surface area (Å²) in [5.41, 5.74) is 1.17. The van der Waals surface area contributed by atoms with Gasteiger partial charge in [-0.3, -0.25) is 0 Å². The van der Waals surface area contributed by atoms with Gasteiger partial charge in [0.15, 0.2) is 0 Å². The van der Waals surface area contributed by atoms with Gasteiger partial charge in [-0.25, -0.2) is 9.97 Å². The summed E-state index contributed by atoms with van der Waals surface area (Å²) in [6.45, 7) is 8.41. The molecule has 1 N–H and O–H groups in total. The largest absolute Gasteiger partial charge is 0.372 e. The van der Waals surface area contributed by atoms with Crippen LogP contribution in [-0.4, -0.2) is 17.0 Å². The fraction of sp³-hybridized carbons (Fsp3) is 0.600. The molecule has 4 heteroatoms. The molecule has 0 aromatic carbocycles. The second kappa shape index (κ2) is 4.00. The summed E-state index contributed by atoms with van der Waals surface area (Å²) in [6.07, 6.45) is 0. The van der Waals surface area contributed by atoms with Crippen molar-refractivity contribution >= 4 is 28.4 Å². The van der Waals surface area contributed by atoms with Crippen molar-refractivity contribution in [2.45, 2.75) is 33.1 Å². The number of halogens is 1. The Morgan fingerprint density at radius 1 is 1.21 bits per heavy atom. The Labute approximate surface area is 98.9 Å². The SMILES string of the molecule is CNc1nc(C)nc(C(C)(C)C)c1I. The summed E-state index contributed by atoms with van der Waals surface area (Å²) < 4.78 is 1.11. The average Bonchev–Trinajstić information content (AvgIpc) is 2.06. The van der Waals surface area contributed by atoms with Crippen LogP contribution in [0, 0.1) is 10.5 Å². The topological polar surface area (TPSA) is 37.8 Å². The number of nitrogens with zero attached hydrogens (tertiary/aromatic N) is 2. The van der Waals surface area contributed by atoms with Crippen molar-refractivity contribution in [3.63, 3.8) is 0 Å². The maximum atomic E-state index is 4.49. The molecule has 78 valence electrons. The molecule has 0 aliphatic carbocycles. The maximum Gasteiger partial charge on any atom is 0.143 e. The van der Waals surface area contributed by atoms with E-state index in [9.17, 15) is 0 Å². The lowest BCUT2D eigenvalue weighted by molar-refractivity contribution is 0.560. The third-order valence-corrected chi connectivity index (χ3v) is 2.93. The highest BCUT2D eigenvalue weighted by Crippen LogP contribution is 2.28. The van der Waals surface area contributed by atoms with Crippen LogP contribution in [0.2, 0.25) is 0 Å². The van der Waals surface area contributed by atoms with Crippen molar-refractivity contribution in [2.24, 2.45) is 0 Å². The van der Waals surface area contributed by atoms with Crippen molar-refractivity contribution in [3.05, 3.63) is 15.1 Å². The van der Waals surface area contributed by atoms with Crippen LogP contribution in [0.4, 0.5) is 5.82 Å². The van der Waals surface area contributed by atoms with E-state index in [1.165, 1.54) is 0 Å². The van der Waals surface area contributed by atoms with E-state index in [1.54, 1.807) is 0 Å². The summed E-state index contributed by atoms with van der Waals surface area (Å²) in [7, 11) is 1.89. The van der Waals surface area contributed by atoms with Crippen LogP contribution in [0.1, 0.15) is 32.3 Å². The van der Waals surface area contributed by atoms with E-state index in [4.69, 9.17) is 0 Å². The van der Waals surface area contributed by atoms with E-state index in [0.717, 1.165) is 20.9 Å². The molecule has 0 unspecified atom stereocenters. The van der Waals surface area contributed by atoms with Crippen LogP contribution in [0.5, 0.6) is 0 Å². The van der Waals surface area contributed by atoms with Gasteiger partial charge in [0.25, 0.3) is 0 Å². The summed E-state index contributed by atoms with van der Waals surface area (Å²) >= 11 is 2.30. The zero-order chi connectivity index (χ0) is 10.9. The smallest absolute Gasteiger partial charge is 0.143 e. The van der Waals surface area contributed by atoms with Crippen molar-refractivity contribution in [3.8, 4) is 0 Å². The lowest BCUT2D eigenvalue weighted by Gasteiger charge is -2.21. The predicted octanol–water partition coefficient (Wildman–Crippen LogP) is 2.73. The molecule has 0 aliphatic rings. The Balaban J connectivity index is 3.37. The third kappa shape index (κ3) is 2.34. The van der Waals surface area contributed by atoms with E-state index in [2.05, 4.69) is 58.6 Å². The molecule has 0 atom stereocenters. The van der Waals surface area contributed by atoms with E-state index < -0.39 is 0 Å². The molecule has 0 fully saturated rings. The van der Waals surface area contributed by atoms with Gasteiger partial charge in [-0.2, -0.15) is 0 Å². The molecule has 0 saturated carbocycles. The fourth-order valence-corrected chi connectivity index (χ4v) is 2.54. The van der Waals surface area contributed by atoms with Gasteiger partial charge in [0.1, 0.15) is 11.6 Å². The predicted molar refractivity (Wildman–Crippen MR) is 67.7 cm³/mol. The zero-order valence-corrected chi connectivity index (χ0v) is 11.4. The first-order valence-electron chi connectivity index (χ1n) is 4.58. The summed E-state index contributed by atoms with van der Waals surface area (Å²) in [6, 6.07) is 0. The van der Waals surface area contributed by atoms with Gasteiger partial charge in [-0.15, -0.1) is 0 Å². The number of nitrogens with one attached hydrogen (secondary N) is 1. The number of aromatic nitrogens is 2. The molecule has 0 bridgehead atoms. The molecule has 0 spiro atoms. The Morgan fingerprint density at radius 3 is 2.21 bits per heavy atom. The summed E-state index contributed by atoms with van der Waals surface area (Å²) in [4.78, 5) is 8.83. The minimum absolute atomic E-state index is 0.0653. The van der Waals surface area contributed by atoms with E-state index in [1.807, 2.05) is 14.0 Å². The summed E-state index contributed by atoms with van der Waals surface area (Å²) in [5, 5.41) is 3.09. The highest BCUT2D eigenvalue weighted by atomic mass is 127. The minimum Gasteiger partial charge on any atom is -0.372 e. The minimum atomic E-state index is 0.0653. The molecule has 0 radical (unpaired) electrons. The molecular weight excluding hydrogens is 289 g/mol. The lowest BCUT2D eigenvalue weighted by atomic mass is 9.92. The Hall–Kier alpha value is -0.390. The number of aryl methyl sites for hydroxylation is 1. The molecular formula is C10H16IN3. The zero-order valence-electron chi connectivity index (χ0n) is 9.27. The molecule has 3 nitrogen and oxygen atoms in total. The molecule has 0 aliphatic heterocycles. The van der Waals surface area contributed by atoms with Gasteiger partial charge in [0.2, 0.25) is 0 Å². The van der Waals surface area contributed by atoms with Crippen molar-refractivity contribution < 1.29 is 0 Å². The van der Waals surface area contributed by atoms with Crippen LogP contribution in [-0.2, 0) is 5.41 Å². The second-order valence-corrected chi connectivity index (χ2v) is 5.36. The lowest BCUT2D eigenvalue weighted by Crippen LogP contribution is -2.18. The van der Waals surface area contributed by atoms with Crippen LogP contribution < -0.4 is 5.32 Å². The van der Waals surface area contributed by atoms with Crippen molar-refractivity contribution in [2.75, 3.05) is 12.4 Å². The Morgan fingerprint density at radius 2 is 1.79 bits per heavy atom. The number of anilines is 1. The average molecular weight is 305 g/mol. The number of rotatable bonds is 1. The van der Waals surface area contributed by atoms with Gasteiger partial charge in [-0.05, 0) is 29.5 Å². The van der Waals surface area contributed by atoms with Crippen molar-refractivity contribution in [1.29, 1.82) is 0 Å². The van der Waals surface area contributed by atoms with Gasteiger partial charge in [0.05, 0.1) is 9.26 Å². The number of hydrogen-bond donors (Lipinski definition) is 1. The molecule has 1 aromatic heterocycles. The van der Waals surface area contributed by atoms with Gasteiger partial charge >= 0.3 is 0 Å². The molecule has 1 aromatic rings. The van der Waals surface area contributed by atoms with Gasteiger partial charge in [0, 0.05) is 12.5 Å². The van der Waals surface area contributed by atoms with Crippen LogP contribution >= 0.6 is 22.6 Å². The fourth-order valence-electron chi connectivity index (χ4n) is 1.22. The number of hydrogen-bond acceptors (Lipinski definition) is 3. The molecule has 1 rings (SSSR count). The molecule has 0 amide bonds. The first-order chi connectivity index (χ1) is 6.36. The van der Waals surface area contributed by atoms with E-state index in [0.29, 0.717) is 0 Å². The van der Waals surface area contributed by atoms with Crippen molar-refractivity contribution in [1.82, 2.24) is 9.97 Å². The first-order valence-corrected chi connectivity index (χ1v) is 5.66. The maximum absolute atomic E-state index is 4.49. The quantitative estimate of drug-likeness (QED) is 0.811. The second-order valence-electron chi connectivity index (χ2n) is 4.28. The van der Waals surface area contributed by atoms with Crippen LogP contribution in [0.25, 0.3) is 0 Å². The van der Waals surface area contributed by atoms with Gasteiger partial charge in [-0.1, -0.05) is 20.8 Å². The van der Waals surface area contributed by atoms with E-state index >= 15 is 0 Å². The Kier molecular flexibility index (Phi) is 3.34. The summed E-state index contributed by atoms with van der Waals surface area (Å²) in [5.74, 6) is 1.74. The third-order valence-electron chi connectivity index (χ3n) is 1.91. The molecule has 0 saturated heterocycles. The van der Waals surface area contributed by atoms with Crippen LogP contribution in [0.3, 0.4) is 0 Å². The standard InChI is InChI=1S/C10H16IN3/c1-6-13-8(10(2,3)4)7(11)9(12-5)14-6/h1-5H3,(H,12,13,14). The normalized spacial score (nSPS) is 11.6. The van der Waals surface area contributed by atoms with Crippen LogP contribution in [0.15, 0.2) is 0 Å². The molecule has 14 heavy (non-hydrogen) atoms. The molecule has 1 heterocycles. The van der Waals surface area contributed by atoms with Gasteiger partial charge < -0.3 is 5.32 Å². The van der Waals surface area contributed by atoms with E-state index in [-0.39, 0.29) is 5.41 Å². The monoisotopic (exact) mass is 305 g/mol. The Bertz CT molecular complexity index is 342. The first kappa shape index (κ1) is 11.7. The highest BCUT2D eigenvalue weighted by molar-refractivity contribution is 14.1. The highest BCUT2D eigenvalue weighted by Gasteiger charge is 2.21.